The highest BCUT2D eigenvalue weighted by Crippen LogP contribution is 2.37. The number of hydrogen-bond acceptors (Lipinski definition) is 3. The molecule has 2 unspecified atom stereocenters. The first-order chi connectivity index (χ1) is 8.27. The number of nitrogens with one attached hydrogen (secondary N) is 1. The molecule has 2 atom stereocenters. The van der Waals surface area contributed by atoms with Crippen molar-refractivity contribution in [2.45, 2.75) is 39.2 Å². The first kappa shape index (κ1) is 12.7. The van der Waals surface area contributed by atoms with Gasteiger partial charge in [-0.15, -0.1) is 0 Å². The molecule has 96 valence electrons. The van der Waals surface area contributed by atoms with Crippen LogP contribution in [0.3, 0.4) is 0 Å². The van der Waals surface area contributed by atoms with Gasteiger partial charge in [0.2, 0.25) is 0 Å². The van der Waals surface area contributed by atoms with Crippen LogP contribution in [0.25, 0.3) is 0 Å². The van der Waals surface area contributed by atoms with Gasteiger partial charge in [0.1, 0.15) is 5.76 Å². The second kappa shape index (κ2) is 5.69. The molecule has 1 fully saturated rings. The van der Waals surface area contributed by atoms with Crippen LogP contribution in [0.1, 0.15) is 32.4 Å². The van der Waals surface area contributed by atoms with Crippen molar-refractivity contribution in [2.24, 2.45) is 5.41 Å². The van der Waals surface area contributed by atoms with Crippen LogP contribution in [0.4, 0.5) is 0 Å². The minimum atomic E-state index is 0.201. The Bertz CT molecular complexity index is 323. The fourth-order valence-electron chi connectivity index (χ4n) is 2.62. The summed E-state index contributed by atoms with van der Waals surface area (Å²) in [6.07, 6.45) is 5.32. The van der Waals surface area contributed by atoms with E-state index in [0.29, 0.717) is 6.10 Å². The van der Waals surface area contributed by atoms with Gasteiger partial charge in [0.25, 0.3) is 0 Å². The van der Waals surface area contributed by atoms with Gasteiger partial charge >= 0.3 is 0 Å². The summed E-state index contributed by atoms with van der Waals surface area (Å²) < 4.78 is 11.3. The summed E-state index contributed by atoms with van der Waals surface area (Å²) in [6.45, 7) is 7.34. The standard InChI is InChI=1S/C14H23NO2/c1-3-7-15-11-14(6-9-16-12(14)2)10-13-5-4-8-17-13/h4-5,8,12,15H,3,6-7,9-11H2,1-2H3. The van der Waals surface area contributed by atoms with Crippen LogP contribution in [0.2, 0.25) is 0 Å². The van der Waals surface area contributed by atoms with E-state index in [2.05, 4.69) is 25.2 Å². The van der Waals surface area contributed by atoms with E-state index in [1.165, 1.54) is 6.42 Å². The Balaban J connectivity index is 2.02. The van der Waals surface area contributed by atoms with E-state index in [0.717, 1.165) is 38.3 Å². The summed E-state index contributed by atoms with van der Waals surface area (Å²) in [7, 11) is 0. The van der Waals surface area contributed by atoms with E-state index in [9.17, 15) is 0 Å². The molecular weight excluding hydrogens is 214 g/mol. The maximum absolute atomic E-state index is 5.77. The van der Waals surface area contributed by atoms with Crippen molar-refractivity contribution in [1.29, 1.82) is 0 Å². The minimum absolute atomic E-state index is 0.201. The highest BCUT2D eigenvalue weighted by Gasteiger charge is 2.41. The van der Waals surface area contributed by atoms with Crippen LogP contribution in [0, 0.1) is 5.41 Å². The van der Waals surface area contributed by atoms with Crippen molar-refractivity contribution in [2.75, 3.05) is 19.7 Å². The van der Waals surface area contributed by atoms with Crippen molar-refractivity contribution in [3.05, 3.63) is 24.2 Å². The van der Waals surface area contributed by atoms with E-state index in [4.69, 9.17) is 9.15 Å². The molecule has 1 aliphatic heterocycles. The number of furan rings is 1. The van der Waals surface area contributed by atoms with Gasteiger partial charge in [-0.1, -0.05) is 6.92 Å². The molecule has 1 aliphatic rings. The zero-order valence-electron chi connectivity index (χ0n) is 10.9. The summed E-state index contributed by atoms with van der Waals surface area (Å²) in [5.41, 5.74) is 0.201. The minimum Gasteiger partial charge on any atom is -0.469 e. The van der Waals surface area contributed by atoms with Crippen LogP contribution in [-0.2, 0) is 11.2 Å². The molecule has 1 N–H and O–H groups in total. The molecule has 0 aromatic carbocycles. The lowest BCUT2D eigenvalue weighted by molar-refractivity contribution is 0.0605. The molecule has 0 radical (unpaired) electrons. The summed E-state index contributed by atoms with van der Waals surface area (Å²) >= 11 is 0. The van der Waals surface area contributed by atoms with Gasteiger partial charge in [-0.05, 0) is 38.4 Å². The molecule has 0 spiro atoms. The number of hydrogen-bond donors (Lipinski definition) is 1. The zero-order chi connectivity index (χ0) is 12.1. The lowest BCUT2D eigenvalue weighted by atomic mass is 9.77. The fourth-order valence-corrected chi connectivity index (χ4v) is 2.62. The van der Waals surface area contributed by atoms with Gasteiger partial charge in [0.05, 0.1) is 12.4 Å². The van der Waals surface area contributed by atoms with Crippen molar-refractivity contribution in [1.82, 2.24) is 5.32 Å². The van der Waals surface area contributed by atoms with Gasteiger partial charge in [-0.2, -0.15) is 0 Å². The van der Waals surface area contributed by atoms with E-state index in [1.807, 2.05) is 6.07 Å². The molecule has 1 aromatic heterocycles. The van der Waals surface area contributed by atoms with Crippen molar-refractivity contribution < 1.29 is 9.15 Å². The van der Waals surface area contributed by atoms with Crippen LogP contribution in [0.15, 0.2) is 22.8 Å². The Labute approximate surface area is 104 Å². The largest absolute Gasteiger partial charge is 0.469 e. The number of rotatable bonds is 6. The summed E-state index contributed by atoms with van der Waals surface area (Å²) in [5.74, 6) is 1.07. The highest BCUT2D eigenvalue weighted by atomic mass is 16.5. The maximum atomic E-state index is 5.77. The predicted octanol–water partition coefficient (Wildman–Crippen LogP) is 2.62. The van der Waals surface area contributed by atoms with Crippen LogP contribution in [0.5, 0.6) is 0 Å². The third-order valence-electron chi connectivity index (χ3n) is 3.84. The topological polar surface area (TPSA) is 34.4 Å². The Morgan fingerprint density at radius 2 is 2.41 bits per heavy atom. The second-order valence-corrected chi connectivity index (χ2v) is 5.06. The molecule has 17 heavy (non-hydrogen) atoms. The molecule has 0 aliphatic carbocycles. The van der Waals surface area contributed by atoms with Gasteiger partial charge < -0.3 is 14.5 Å². The van der Waals surface area contributed by atoms with Crippen LogP contribution < -0.4 is 5.32 Å². The molecule has 2 heterocycles. The second-order valence-electron chi connectivity index (χ2n) is 5.06. The third-order valence-corrected chi connectivity index (χ3v) is 3.84. The highest BCUT2D eigenvalue weighted by molar-refractivity contribution is 5.06. The Morgan fingerprint density at radius 1 is 1.53 bits per heavy atom. The van der Waals surface area contributed by atoms with E-state index >= 15 is 0 Å². The summed E-state index contributed by atoms with van der Waals surface area (Å²) in [5, 5.41) is 3.54. The predicted molar refractivity (Wildman–Crippen MR) is 68.0 cm³/mol. The summed E-state index contributed by atoms with van der Waals surface area (Å²) in [4.78, 5) is 0. The molecule has 1 aromatic rings. The fraction of sp³-hybridized carbons (Fsp3) is 0.714. The van der Waals surface area contributed by atoms with E-state index in [-0.39, 0.29) is 5.41 Å². The zero-order valence-corrected chi connectivity index (χ0v) is 10.9. The van der Waals surface area contributed by atoms with E-state index in [1.54, 1.807) is 6.26 Å². The normalized spacial score (nSPS) is 28.7. The monoisotopic (exact) mass is 237 g/mol. The molecule has 0 amide bonds. The third kappa shape index (κ3) is 2.90. The molecule has 2 rings (SSSR count). The molecule has 1 saturated heterocycles. The van der Waals surface area contributed by atoms with Gasteiger partial charge in [-0.3, -0.25) is 0 Å². The molecular formula is C14H23NO2. The first-order valence-corrected chi connectivity index (χ1v) is 6.61. The average molecular weight is 237 g/mol. The SMILES string of the molecule is CCCNCC1(Cc2ccco2)CCOC1C. The summed E-state index contributed by atoms with van der Waals surface area (Å²) in [6, 6.07) is 4.02. The van der Waals surface area contributed by atoms with Crippen molar-refractivity contribution >= 4 is 0 Å². The maximum Gasteiger partial charge on any atom is 0.104 e. The average Bonchev–Trinajstić information content (AvgIpc) is 2.92. The molecule has 0 saturated carbocycles. The van der Waals surface area contributed by atoms with Crippen LogP contribution in [-0.4, -0.2) is 25.8 Å². The van der Waals surface area contributed by atoms with Gasteiger partial charge in [-0.25, -0.2) is 0 Å². The lowest BCUT2D eigenvalue weighted by Crippen LogP contribution is -2.41. The lowest BCUT2D eigenvalue weighted by Gasteiger charge is -2.31. The first-order valence-electron chi connectivity index (χ1n) is 6.61. The van der Waals surface area contributed by atoms with Gasteiger partial charge in [0.15, 0.2) is 0 Å². The van der Waals surface area contributed by atoms with E-state index < -0.39 is 0 Å². The van der Waals surface area contributed by atoms with Crippen LogP contribution >= 0.6 is 0 Å². The molecule has 3 heteroatoms. The quantitative estimate of drug-likeness (QED) is 0.772. The van der Waals surface area contributed by atoms with Gasteiger partial charge in [0, 0.05) is 25.0 Å². The Kier molecular flexibility index (Phi) is 4.24. The van der Waals surface area contributed by atoms with Crippen molar-refractivity contribution in [3.8, 4) is 0 Å². The Hall–Kier alpha value is -0.800. The molecule has 3 nitrogen and oxygen atoms in total. The molecule has 0 bridgehead atoms. The number of ether oxygens (including phenoxy) is 1. The Morgan fingerprint density at radius 3 is 3.00 bits per heavy atom. The smallest absolute Gasteiger partial charge is 0.104 e. The van der Waals surface area contributed by atoms with Crippen molar-refractivity contribution in [3.63, 3.8) is 0 Å².